The Hall–Kier alpha value is -1.13. The zero-order valence-corrected chi connectivity index (χ0v) is 14.0. The molecular weight excluding hydrogens is 286 g/mol. The molecule has 2 heterocycles. The van der Waals surface area contributed by atoms with Crippen LogP contribution in [0.5, 0.6) is 0 Å². The van der Waals surface area contributed by atoms with Crippen molar-refractivity contribution in [1.82, 2.24) is 14.8 Å². The van der Waals surface area contributed by atoms with E-state index in [1.54, 1.807) is 6.07 Å². The summed E-state index contributed by atoms with van der Waals surface area (Å²) in [6.45, 7) is 11.9. The Morgan fingerprint density at radius 3 is 2.71 bits per heavy atom. The highest BCUT2D eigenvalue weighted by Crippen LogP contribution is 2.20. The number of aromatic nitrogens is 1. The van der Waals surface area contributed by atoms with E-state index in [1.165, 1.54) is 0 Å². The van der Waals surface area contributed by atoms with E-state index in [2.05, 4.69) is 37.6 Å². The molecular formula is C16H24ClN3O. The van der Waals surface area contributed by atoms with Gasteiger partial charge in [0.2, 0.25) is 0 Å². The molecule has 1 aliphatic rings. The van der Waals surface area contributed by atoms with E-state index in [9.17, 15) is 4.79 Å². The first-order chi connectivity index (χ1) is 9.92. The summed E-state index contributed by atoms with van der Waals surface area (Å²) in [4.78, 5) is 21.3. The molecule has 4 nitrogen and oxygen atoms in total. The van der Waals surface area contributed by atoms with Crippen molar-refractivity contribution < 1.29 is 4.79 Å². The Morgan fingerprint density at radius 2 is 2.14 bits per heavy atom. The number of halogens is 1. The van der Waals surface area contributed by atoms with Crippen molar-refractivity contribution in [3.8, 4) is 0 Å². The molecule has 0 spiro atoms. The molecule has 1 aromatic rings. The van der Waals surface area contributed by atoms with Gasteiger partial charge in [-0.2, -0.15) is 0 Å². The van der Waals surface area contributed by atoms with Crippen molar-refractivity contribution in [2.45, 2.75) is 39.7 Å². The molecule has 21 heavy (non-hydrogen) atoms. The van der Waals surface area contributed by atoms with Gasteiger partial charge in [-0.05, 0) is 31.5 Å². The van der Waals surface area contributed by atoms with Crippen molar-refractivity contribution in [3.63, 3.8) is 0 Å². The fourth-order valence-corrected chi connectivity index (χ4v) is 2.98. The zero-order chi connectivity index (χ0) is 15.6. The van der Waals surface area contributed by atoms with E-state index < -0.39 is 0 Å². The van der Waals surface area contributed by atoms with Crippen LogP contribution >= 0.6 is 11.6 Å². The smallest absolute Gasteiger partial charge is 0.254 e. The third-order valence-corrected chi connectivity index (χ3v) is 4.30. The predicted molar refractivity (Wildman–Crippen MR) is 85.9 cm³/mol. The number of rotatable bonds is 3. The molecule has 1 aromatic heterocycles. The predicted octanol–water partition coefficient (Wildman–Crippen LogP) is 3.02. The highest BCUT2D eigenvalue weighted by Gasteiger charge is 2.26. The van der Waals surface area contributed by atoms with E-state index in [0.717, 1.165) is 31.9 Å². The average molecular weight is 310 g/mol. The molecule has 2 rings (SSSR count). The number of likely N-dealkylation sites (N-methyl/N-ethyl adjacent to an activating group) is 1. The molecule has 1 atom stereocenters. The van der Waals surface area contributed by atoms with E-state index in [4.69, 9.17) is 11.6 Å². The first-order valence-electron chi connectivity index (χ1n) is 7.63. The summed E-state index contributed by atoms with van der Waals surface area (Å²) in [6, 6.07) is 3.94. The van der Waals surface area contributed by atoms with Crippen LogP contribution in [0.4, 0.5) is 0 Å². The van der Waals surface area contributed by atoms with Crippen LogP contribution in [0.25, 0.3) is 0 Å². The summed E-state index contributed by atoms with van der Waals surface area (Å²) in [7, 11) is 0. The molecule has 1 aliphatic heterocycles. The Bertz CT molecular complexity index is 518. The van der Waals surface area contributed by atoms with Gasteiger partial charge in [0.05, 0.1) is 0 Å². The summed E-state index contributed by atoms with van der Waals surface area (Å²) in [5.41, 5.74) is 1.52. The minimum Gasteiger partial charge on any atom is -0.336 e. The molecule has 1 fully saturated rings. The maximum atomic E-state index is 12.7. The molecule has 0 bridgehead atoms. The monoisotopic (exact) mass is 309 g/mol. The molecule has 0 aromatic carbocycles. The summed E-state index contributed by atoms with van der Waals surface area (Å²) in [5.74, 6) is 0.315. The molecule has 1 saturated heterocycles. The number of nitrogens with zero attached hydrogens (tertiary/aromatic N) is 3. The van der Waals surface area contributed by atoms with Gasteiger partial charge < -0.3 is 4.90 Å². The molecule has 0 saturated carbocycles. The van der Waals surface area contributed by atoms with Crippen LogP contribution in [-0.2, 0) is 0 Å². The Morgan fingerprint density at radius 1 is 1.43 bits per heavy atom. The maximum Gasteiger partial charge on any atom is 0.254 e. The normalized spacial score (nSPS) is 20.1. The van der Waals surface area contributed by atoms with Gasteiger partial charge in [-0.3, -0.25) is 9.69 Å². The number of carbonyl (C=O) groups is 1. The van der Waals surface area contributed by atoms with Gasteiger partial charge in [-0.1, -0.05) is 32.4 Å². The highest BCUT2D eigenvalue weighted by molar-refractivity contribution is 6.29. The van der Waals surface area contributed by atoms with E-state index in [1.807, 2.05) is 11.0 Å². The van der Waals surface area contributed by atoms with Crippen molar-refractivity contribution in [3.05, 3.63) is 28.5 Å². The number of hydrogen-bond donors (Lipinski definition) is 0. The SMILES string of the molecule is CCN1CCN(C(=O)c2cc(Cl)nc(C(C)C)c2)CC1C. The lowest BCUT2D eigenvalue weighted by atomic mass is 10.1. The van der Waals surface area contributed by atoms with Crippen molar-refractivity contribution in [2.24, 2.45) is 0 Å². The third kappa shape index (κ3) is 3.74. The van der Waals surface area contributed by atoms with Gasteiger partial charge in [0, 0.05) is 36.9 Å². The Balaban J connectivity index is 2.17. The number of carbonyl (C=O) groups excluding carboxylic acids is 1. The van der Waals surface area contributed by atoms with Crippen LogP contribution in [0.2, 0.25) is 5.15 Å². The Labute approximate surface area is 132 Å². The van der Waals surface area contributed by atoms with Crippen molar-refractivity contribution in [2.75, 3.05) is 26.2 Å². The molecule has 116 valence electrons. The summed E-state index contributed by atoms with van der Waals surface area (Å²) in [6.07, 6.45) is 0. The molecule has 0 aliphatic carbocycles. The zero-order valence-electron chi connectivity index (χ0n) is 13.3. The topological polar surface area (TPSA) is 36.4 Å². The van der Waals surface area contributed by atoms with Crippen molar-refractivity contribution in [1.29, 1.82) is 0 Å². The molecule has 1 unspecified atom stereocenters. The second-order valence-electron chi connectivity index (χ2n) is 5.99. The van der Waals surface area contributed by atoms with Gasteiger partial charge in [-0.15, -0.1) is 0 Å². The summed E-state index contributed by atoms with van der Waals surface area (Å²) < 4.78 is 0. The fourth-order valence-electron chi connectivity index (χ4n) is 2.77. The lowest BCUT2D eigenvalue weighted by Gasteiger charge is -2.39. The van der Waals surface area contributed by atoms with Crippen molar-refractivity contribution >= 4 is 17.5 Å². The van der Waals surface area contributed by atoms with Gasteiger partial charge >= 0.3 is 0 Å². The first kappa shape index (κ1) is 16.2. The lowest BCUT2D eigenvalue weighted by Crippen LogP contribution is -2.53. The quantitative estimate of drug-likeness (QED) is 0.805. The average Bonchev–Trinajstić information content (AvgIpc) is 2.45. The summed E-state index contributed by atoms with van der Waals surface area (Å²) in [5, 5.41) is 0.393. The van der Waals surface area contributed by atoms with Gasteiger partial charge in [0.1, 0.15) is 5.15 Å². The van der Waals surface area contributed by atoms with Gasteiger partial charge in [0.25, 0.3) is 5.91 Å². The van der Waals surface area contributed by atoms with Crippen LogP contribution in [0.1, 0.15) is 49.7 Å². The van der Waals surface area contributed by atoms with Crippen LogP contribution in [0.3, 0.4) is 0 Å². The lowest BCUT2D eigenvalue weighted by molar-refractivity contribution is 0.0528. The van der Waals surface area contributed by atoms with Crippen LogP contribution in [0, 0.1) is 0 Å². The van der Waals surface area contributed by atoms with Crippen LogP contribution < -0.4 is 0 Å². The largest absolute Gasteiger partial charge is 0.336 e. The molecule has 5 heteroatoms. The minimum atomic E-state index is 0.0591. The second-order valence-corrected chi connectivity index (χ2v) is 6.37. The van der Waals surface area contributed by atoms with Gasteiger partial charge in [0.15, 0.2) is 0 Å². The standard InChI is InChI=1S/C16H24ClN3O/c1-5-19-6-7-20(10-12(19)4)16(21)13-8-14(11(2)3)18-15(17)9-13/h8-9,11-12H,5-7,10H2,1-4H3. The molecule has 0 radical (unpaired) electrons. The number of hydrogen-bond acceptors (Lipinski definition) is 3. The first-order valence-corrected chi connectivity index (χ1v) is 8.01. The number of piperazine rings is 1. The summed E-state index contributed by atoms with van der Waals surface area (Å²) >= 11 is 6.06. The second kappa shape index (κ2) is 6.75. The van der Waals surface area contributed by atoms with Gasteiger partial charge in [-0.25, -0.2) is 4.98 Å². The minimum absolute atomic E-state index is 0.0591. The fraction of sp³-hybridized carbons (Fsp3) is 0.625. The van der Waals surface area contributed by atoms with E-state index in [-0.39, 0.29) is 11.8 Å². The maximum absolute atomic E-state index is 12.7. The number of pyridine rings is 1. The van der Waals surface area contributed by atoms with E-state index >= 15 is 0 Å². The third-order valence-electron chi connectivity index (χ3n) is 4.11. The molecule has 1 amide bonds. The number of amides is 1. The Kier molecular flexibility index (Phi) is 5.22. The van der Waals surface area contributed by atoms with E-state index in [0.29, 0.717) is 16.8 Å². The van der Waals surface area contributed by atoms with Crippen LogP contribution in [0.15, 0.2) is 12.1 Å². The molecule has 0 N–H and O–H groups in total. The van der Waals surface area contributed by atoms with Crippen LogP contribution in [-0.4, -0.2) is 52.9 Å². The highest BCUT2D eigenvalue weighted by atomic mass is 35.5.